The Balaban J connectivity index is 2.06. The molecule has 0 aliphatic heterocycles. The molecule has 0 aliphatic rings. The normalized spacial score (nSPS) is 10.5. The molecule has 0 atom stereocenters. The first-order chi connectivity index (χ1) is 9.99. The molecule has 2 aromatic rings. The minimum atomic E-state index is 0.0530. The maximum absolute atomic E-state index is 12.2. The van der Waals surface area contributed by atoms with Crippen molar-refractivity contribution in [3.05, 3.63) is 45.8 Å². The van der Waals surface area contributed by atoms with E-state index in [1.165, 1.54) is 11.8 Å². The molecule has 0 aliphatic carbocycles. The van der Waals surface area contributed by atoms with E-state index in [0.29, 0.717) is 17.1 Å². The Morgan fingerprint density at radius 1 is 1.29 bits per heavy atom. The summed E-state index contributed by atoms with van der Waals surface area (Å²) in [5.41, 5.74) is 1.56. The average molecular weight is 367 g/mol. The average Bonchev–Trinajstić information content (AvgIpc) is 2.43. The number of carbonyl (C=O) groups is 1. The van der Waals surface area contributed by atoms with Crippen molar-refractivity contribution in [3.8, 4) is 5.75 Å². The number of halogens is 1. The van der Waals surface area contributed by atoms with Gasteiger partial charge in [-0.3, -0.25) is 4.79 Å². The van der Waals surface area contributed by atoms with E-state index >= 15 is 0 Å². The van der Waals surface area contributed by atoms with Crippen molar-refractivity contribution in [2.24, 2.45) is 0 Å². The summed E-state index contributed by atoms with van der Waals surface area (Å²) in [5.74, 6) is 1.82. The number of aromatic nitrogens is 2. The van der Waals surface area contributed by atoms with Gasteiger partial charge in [-0.1, -0.05) is 11.8 Å². The Labute approximate surface area is 136 Å². The molecular weight excluding hydrogens is 352 g/mol. The maximum Gasteiger partial charge on any atom is 0.173 e. The quantitative estimate of drug-likeness (QED) is 0.457. The van der Waals surface area contributed by atoms with Crippen molar-refractivity contribution in [1.82, 2.24) is 9.97 Å². The molecule has 2 rings (SSSR count). The van der Waals surface area contributed by atoms with Gasteiger partial charge in [0.05, 0.1) is 17.3 Å². The zero-order valence-corrected chi connectivity index (χ0v) is 14.4. The van der Waals surface area contributed by atoms with Gasteiger partial charge in [0.15, 0.2) is 5.78 Å². The number of ketones is 1. The lowest BCUT2D eigenvalue weighted by Crippen LogP contribution is -2.03. The van der Waals surface area contributed by atoms with Gasteiger partial charge < -0.3 is 4.74 Å². The minimum absolute atomic E-state index is 0.0530. The first kappa shape index (κ1) is 16.0. The van der Waals surface area contributed by atoms with Crippen LogP contribution in [-0.2, 0) is 0 Å². The molecule has 1 aromatic carbocycles. The Morgan fingerprint density at radius 2 is 2.05 bits per heavy atom. The van der Waals surface area contributed by atoms with Gasteiger partial charge in [0.25, 0.3) is 0 Å². The first-order valence-corrected chi connectivity index (χ1v) is 8.09. The molecule has 0 amide bonds. The second-order valence-electron chi connectivity index (χ2n) is 4.46. The number of carbonyl (C=O) groups excluding carboxylic acids is 1. The lowest BCUT2D eigenvalue weighted by Gasteiger charge is -2.06. The van der Waals surface area contributed by atoms with Crippen molar-refractivity contribution in [2.75, 3.05) is 12.9 Å². The van der Waals surface area contributed by atoms with Crippen LogP contribution < -0.4 is 4.74 Å². The second-order valence-corrected chi connectivity index (χ2v) is 6.31. The van der Waals surface area contributed by atoms with Crippen LogP contribution in [0.25, 0.3) is 0 Å². The standard InChI is InChI=1S/C15H15BrN2O2S/c1-9-6-15(18-10(2)17-9)21-8-13(19)11-4-5-14(20-3)12(16)7-11/h4-7H,8H2,1-3H3. The summed E-state index contributed by atoms with van der Waals surface area (Å²) in [6.45, 7) is 3.76. The Bertz CT molecular complexity index is 656. The molecule has 1 heterocycles. The summed E-state index contributed by atoms with van der Waals surface area (Å²) >= 11 is 4.81. The van der Waals surface area contributed by atoms with Gasteiger partial charge in [-0.15, -0.1) is 0 Å². The predicted molar refractivity (Wildman–Crippen MR) is 87.3 cm³/mol. The Morgan fingerprint density at radius 3 is 2.67 bits per heavy atom. The van der Waals surface area contributed by atoms with Crippen LogP contribution in [0.5, 0.6) is 5.75 Å². The molecule has 0 fully saturated rings. The number of rotatable bonds is 5. The smallest absolute Gasteiger partial charge is 0.173 e. The van der Waals surface area contributed by atoms with E-state index < -0.39 is 0 Å². The molecule has 0 radical (unpaired) electrons. The van der Waals surface area contributed by atoms with E-state index in [4.69, 9.17) is 4.74 Å². The molecule has 0 spiro atoms. The van der Waals surface area contributed by atoms with Gasteiger partial charge in [0.1, 0.15) is 16.6 Å². The molecule has 0 unspecified atom stereocenters. The summed E-state index contributed by atoms with van der Waals surface area (Å²) in [6.07, 6.45) is 0. The molecule has 21 heavy (non-hydrogen) atoms. The number of ether oxygens (including phenoxy) is 1. The molecular formula is C15H15BrN2O2S. The van der Waals surface area contributed by atoms with Crippen LogP contribution in [-0.4, -0.2) is 28.6 Å². The van der Waals surface area contributed by atoms with E-state index in [1.54, 1.807) is 25.3 Å². The van der Waals surface area contributed by atoms with Gasteiger partial charge >= 0.3 is 0 Å². The summed E-state index contributed by atoms with van der Waals surface area (Å²) < 4.78 is 5.93. The van der Waals surface area contributed by atoms with E-state index in [2.05, 4.69) is 25.9 Å². The zero-order valence-electron chi connectivity index (χ0n) is 12.0. The fraction of sp³-hybridized carbons (Fsp3) is 0.267. The molecule has 0 N–H and O–H groups in total. The molecule has 4 nitrogen and oxygen atoms in total. The van der Waals surface area contributed by atoms with E-state index in [1.807, 2.05) is 19.9 Å². The summed E-state index contributed by atoms with van der Waals surface area (Å²) in [6, 6.07) is 7.21. The number of thioether (sulfide) groups is 1. The highest BCUT2D eigenvalue weighted by molar-refractivity contribution is 9.10. The van der Waals surface area contributed by atoms with Crippen LogP contribution >= 0.6 is 27.7 Å². The third-order valence-electron chi connectivity index (χ3n) is 2.77. The van der Waals surface area contributed by atoms with Crippen LogP contribution in [0.1, 0.15) is 21.9 Å². The van der Waals surface area contributed by atoms with Crippen molar-refractivity contribution in [1.29, 1.82) is 0 Å². The van der Waals surface area contributed by atoms with E-state index in [0.717, 1.165) is 21.0 Å². The predicted octanol–water partition coefficient (Wildman–Crippen LogP) is 3.84. The molecule has 1 aromatic heterocycles. The highest BCUT2D eigenvalue weighted by atomic mass is 79.9. The van der Waals surface area contributed by atoms with Gasteiger partial charge in [-0.2, -0.15) is 0 Å². The number of hydrogen-bond acceptors (Lipinski definition) is 5. The highest BCUT2D eigenvalue weighted by Gasteiger charge is 2.10. The number of Topliss-reactive ketones (excluding diaryl/α,β-unsaturated/α-hetero) is 1. The summed E-state index contributed by atoms with van der Waals surface area (Å²) in [5, 5.41) is 0.820. The van der Waals surface area contributed by atoms with Gasteiger partial charge in [0.2, 0.25) is 0 Å². The van der Waals surface area contributed by atoms with Gasteiger partial charge in [0, 0.05) is 11.3 Å². The Kier molecular flexibility index (Phi) is 5.36. The van der Waals surface area contributed by atoms with Crippen LogP contribution in [0.15, 0.2) is 33.8 Å². The van der Waals surface area contributed by atoms with Crippen LogP contribution in [0.3, 0.4) is 0 Å². The number of benzene rings is 1. The number of nitrogens with zero attached hydrogens (tertiary/aromatic N) is 2. The monoisotopic (exact) mass is 366 g/mol. The van der Waals surface area contributed by atoms with Crippen LogP contribution in [0, 0.1) is 13.8 Å². The van der Waals surface area contributed by atoms with Crippen molar-refractivity contribution in [3.63, 3.8) is 0 Å². The fourth-order valence-electron chi connectivity index (χ4n) is 1.82. The summed E-state index contributed by atoms with van der Waals surface area (Å²) in [7, 11) is 1.59. The molecule has 6 heteroatoms. The van der Waals surface area contributed by atoms with Gasteiger partial charge in [-0.25, -0.2) is 9.97 Å². The molecule has 110 valence electrons. The third-order valence-corrected chi connectivity index (χ3v) is 4.30. The van der Waals surface area contributed by atoms with Crippen molar-refractivity contribution in [2.45, 2.75) is 18.9 Å². The zero-order chi connectivity index (χ0) is 15.4. The van der Waals surface area contributed by atoms with Crippen LogP contribution in [0.4, 0.5) is 0 Å². The molecule has 0 saturated carbocycles. The topological polar surface area (TPSA) is 52.1 Å². The second kappa shape index (κ2) is 7.04. The number of hydrogen-bond donors (Lipinski definition) is 0. The van der Waals surface area contributed by atoms with Crippen LogP contribution in [0.2, 0.25) is 0 Å². The third kappa shape index (κ3) is 4.28. The Hall–Kier alpha value is -1.40. The van der Waals surface area contributed by atoms with Gasteiger partial charge in [-0.05, 0) is 54.0 Å². The minimum Gasteiger partial charge on any atom is -0.496 e. The lowest BCUT2D eigenvalue weighted by atomic mass is 10.1. The highest BCUT2D eigenvalue weighted by Crippen LogP contribution is 2.26. The largest absolute Gasteiger partial charge is 0.496 e. The number of methoxy groups -OCH3 is 1. The SMILES string of the molecule is COc1ccc(C(=O)CSc2cc(C)nc(C)n2)cc1Br. The fourth-order valence-corrected chi connectivity index (χ4v) is 3.26. The molecule has 0 bridgehead atoms. The molecule has 0 saturated heterocycles. The van der Waals surface area contributed by atoms with Crippen molar-refractivity contribution >= 4 is 33.5 Å². The summed E-state index contributed by atoms with van der Waals surface area (Å²) in [4.78, 5) is 20.7. The van der Waals surface area contributed by atoms with E-state index in [-0.39, 0.29) is 5.78 Å². The lowest BCUT2D eigenvalue weighted by molar-refractivity contribution is 0.102. The van der Waals surface area contributed by atoms with E-state index in [9.17, 15) is 4.79 Å². The number of aryl methyl sites for hydroxylation is 2. The van der Waals surface area contributed by atoms with Crippen molar-refractivity contribution < 1.29 is 9.53 Å². The first-order valence-electron chi connectivity index (χ1n) is 6.31. The maximum atomic E-state index is 12.2.